The lowest BCUT2D eigenvalue weighted by atomic mass is 10.1. The molecule has 3 rings (SSSR count). The highest BCUT2D eigenvalue weighted by molar-refractivity contribution is 5.52. The molecule has 30 heavy (non-hydrogen) atoms. The van der Waals surface area contributed by atoms with E-state index in [4.69, 9.17) is 4.74 Å². The number of hydrogen-bond acceptors (Lipinski definition) is 4. The van der Waals surface area contributed by atoms with Crippen molar-refractivity contribution in [3.05, 3.63) is 59.2 Å². The third kappa shape index (κ3) is 6.15. The van der Waals surface area contributed by atoms with E-state index in [2.05, 4.69) is 34.0 Å². The van der Waals surface area contributed by atoms with Gasteiger partial charge in [-0.3, -0.25) is 4.90 Å². The topological polar surface area (TPSA) is 27.7 Å². The Balaban J connectivity index is 1.68. The normalized spacial score (nSPS) is 15.4. The summed E-state index contributed by atoms with van der Waals surface area (Å²) in [5, 5.41) is 2.99. The van der Waals surface area contributed by atoms with Crippen LogP contribution in [0.15, 0.2) is 42.5 Å². The standard InChI is InChI=1S/C23H26F3N3O/c1-27-20-8-4-18(5-9-20)3-6-19-7-10-21(17-22(19)23(24,25)26)30-16-15-29-13-11-28(2)12-14-29/h4-5,7-10,17,27H,11-16H2,1-2H3. The van der Waals surface area contributed by atoms with E-state index in [1.165, 1.54) is 6.07 Å². The fourth-order valence-electron chi connectivity index (χ4n) is 3.18. The van der Waals surface area contributed by atoms with Crippen molar-refractivity contribution in [1.29, 1.82) is 0 Å². The smallest absolute Gasteiger partial charge is 0.417 e. The Bertz CT molecular complexity index is 893. The Hall–Kier alpha value is -2.69. The number of nitrogens with zero attached hydrogens (tertiary/aromatic N) is 2. The van der Waals surface area contributed by atoms with Gasteiger partial charge in [0.15, 0.2) is 0 Å². The number of alkyl halides is 3. The summed E-state index contributed by atoms with van der Waals surface area (Å²) >= 11 is 0. The van der Waals surface area contributed by atoms with E-state index in [0.29, 0.717) is 18.7 Å². The van der Waals surface area contributed by atoms with Crippen molar-refractivity contribution >= 4 is 5.69 Å². The molecule has 0 aromatic heterocycles. The van der Waals surface area contributed by atoms with Crippen LogP contribution in [0.5, 0.6) is 5.75 Å². The van der Waals surface area contributed by atoms with Crippen LogP contribution in [0.25, 0.3) is 0 Å². The van der Waals surface area contributed by atoms with Crippen LogP contribution in [0.3, 0.4) is 0 Å². The molecular weight excluding hydrogens is 391 g/mol. The maximum absolute atomic E-state index is 13.6. The predicted octanol–water partition coefficient (Wildman–Crippen LogP) is 3.77. The molecule has 0 saturated carbocycles. The summed E-state index contributed by atoms with van der Waals surface area (Å²) in [4.78, 5) is 4.51. The molecule has 0 atom stereocenters. The minimum Gasteiger partial charge on any atom is -0.492 e. The lowest BCUT2D eigenvalue weighted by molar-refractivity contribution is -0.137. The molecule has 1 saturated heterocycles. The number of ether oxygens (including phenoxy) is 1. The van der Waals surface area contributed by atoms with Gasteiger partial charge in [-0.1, -0.05) is 11.8 Å². The Kier molecular flexibility index (Phi) is 7.24. The summed E-state index contributed by atoms with van der Waals surface area (Å²) < 4.78 is 46.3. The molecule has 0 bridgehead atoms. The highest BCUT2D eigenvalue weighted by atomic mass is 19.4. The Morgan fingerprint density at radius 3 is 2.33 bits per heavy atom. The first kappa shape index (κ1) is 22.0. The van der Waals surface area contributed by atoms with Gasteiger partial charge in [0.05, 0.1) is 5.56 Å². The molecule has 0 radical (unpaired) electrons. The van der Waals surface area contributed by atoms with Crippen molar-refractivity contribution in [2.75, 3.05) is 58.7 Å². The summed E-state index contributed by atoms with van der Waals surface area (Å²) in [6, 6.07) is 11.1. The summed E-state index contributed by atoms with van der Waals surface area (Å²) in [6.07, 6.45) is -4.50. The molecule has 1 aliphatic heterocycles. The number of hydrogen-bond donors (Lipinski definition) is 1. The molecule has 0 amide bonds. The number of piperazine rings is 1. The molecule has 2 aromatic carbocycles. The highest BCUT2D eigenvalue weighted by Gasteiger charge is 2.33. The zero-order valence-corrected chi connectivity index (χ0v) is 17.2. The van der Waals surface area contributed by atoms with Crippen molar-refractivity contribution < 1.29 is 17.9 Å². The van der Waals surface area contributed by atoms with Crippen LogP contribution in [0.4, 0.5) is 18.9 Å². The monoisotopic (exact) mass is 417 g/mol. The minimum absolute atomic E-state index is 0.0633. The second-order valence-corrected chi connectivity index (χ2v) is 7.28. The van der Waals surface area contributed by atoms with Gasteiger partial charge < -0.3 is 15.0 Å². The van der Waals surface area contributed by atoms with Gasteiger partial charge in [-0.15, -0.1) is 0 Å². The number of anilines is 1. The molecule has 160 valence electrons. The van der Waals surface area contributed by atoms with Crippen LogP contribution in [-0.4, -0.2) is 63.2 Å². The van der Waals surface area contributed by atoms with Gasteiger partial charge >= 0.3 is 6.18 Å². The van der Waals surface area contributed by atoms with Crippen LogP contribution in [0.1, 0.15) is 16.7 Å². The van der Waals surface area contributed by atoms with Gasteiger partial charge in [-0.25, -0.2) is 0 Å². The quantitative estimate of drug-likeness (QED) is 0.750. The Morgan fingerprint density at radius 2 is 1.70 bits per heavy atom. The molecule has 1 fully saturated rings. The number of nitrogens with one attached hydrogen (secondary N) is 1. The fourth-order valence-corrected chi connectivity index (χ4v) is 3.18. The molecule has 4 nitrogen and oxygen atoms in total. The van der Waals surface area contributed by atoms with E-state index in [1.807, 2.05) is 12.1 Å². The van der Waals surface area contributed by atoms with E-state index in [1.54, 1.807) is 25.2 Å². The summed E-state index contributed by atoms with van der Waals surface area (Å²) in [5.41, 5.74) is 0.717. The average molecular weight is 417 g/mol. The molecule has 7 heteroatoms. The molecule has 0 unspecified atom stereocenters. The molecule has 0 spiro atoms. The van der Waals surface area contributed by atoms with Crippen molar-refractivity contribution in [2.45, 2.75) is 6.18 Å². The number of rotatable bonds is 5. The lowest BCUT2D eigenvalue weighted by Gasteiger charge is -2.32. The van der Waals surface area contributed by atoms with Gasteiger partial charge in [0, 0.05) is 56.6 Å². The van der Waals surface area contributed by atoms with Crippen molar-refractivity contribution in [3.63, 3.8) is 0 Å². The Labute approximate surface area is 175 Å². The van der Waals surface area contributed by atoms with Gasteiger partial charge in [0.25, 0.3) is 0 Å². The summed E-state index contributed by atoms with van der Waals surface area (Å²) in [5.74, 6) is 5.67. The molecular formula is C23H26F3N3O. The SMILES string of the molecule is CNc1ccc(C#Cc2ccc(OCCN3CCN(C)CC3)cc2C(F)(F)F)cc1. The van der Waals surface area contributed by atoms with Gasteiger partial charge in [-0.05, 0) is 49.5 Å². The van der Waals surface area contributed by atoms with Crippen LogP contribution in [0, 0.1) is 11.8 Å². The second kappa shape index (κ2) is 9.88. The molecule has 1 heterocycles. The number of halogens is 3. The Morgan fingerprint density at radius 1 is 1.00 bits per heavy atom. The maximum atomic E-state index is 13.6. The highest BCUT2D eigenvalue weighted by Crippen LogP contribution is 2.34. The third-order valence-electron chi connectivity index (χ3n) is 5.08. The average Bonchev–Trinajstić information content (AvgIpc) is 2.74. The minimum atomic E-state index is -4.50. The summed E-state index contributed by atoms with van der Waals surface area (Å²) in [7, 11) is 3.87. The first-order valence-corrected chi connectivity index (χ1v) is 9.90. The zero-order chi connectivity index (χ0) is 21.6. The lowest BCUT2D eigenvalue weighted by Crippen LogP contribution is -2.45. The molecule has 1 aliphatic rings. The third-order valence-corrected chi connectivity index (χ3v) is 5.08. The molecule has 1 N–H and O–H groups in total. The largest absolute Gasteiger partial charge is 0.492 e. The predicted molar refractivity (Wildman–Crippen MR) is 113 cm³/mol. The zero-order valence-electron chi connectivity index (χ0n) is 17.2. The first-order valence-electron chi connectivity index (χ1n) is 9.90. The second-order valence-electron chi connectivity index (χ2n) is 7.28. The van der Waals surface area contributed by atoms with E-state index >= 15 is 0 Å². The van der Waals surface area contributed by atoms with E-state index < -0.39 is 11.7 Å². The van der Waals surface area contributed by atoms with Gasteiger partial charge in [0.1, 0.15) is 12.4 Å². The van der Waals surface area contributed by atoms with Gasteiger partial charge in [-0.2, -0.15) is 13.2 Å². The van der Waals surface area contributed by atoms with Crippen molar-refractivity contribution in [3.8, 4) is 17.6 Å². The molecule has 2 aromatic rings. The van der Waals surface area contributed by atoms with Crippen LogP contribution < -0.4 is 10.1 Å². The van der Waals surface area contributed by atoms with Crippen LogP contribution in [0.2, 0.25) is 0 Å². The van der Waals surface area contributed by atoms with Crippen molar-refractivity contribution in [1.82, 2.24) is 9.80 Å². The van der Waals surface area contributed by atoms with Crippen LogP contribution in [-0.2, 0) is 6.18 Å². The molecule has 0 aliphatic carbocycles. The van der Waals surface area contributed by atoms with Crippen molar-refractivity contribution in [2.24, 2.45) is 0 Å². The van der Waals surface area contributed by atoms with Crippen LogP contribution >= 0.6 is 0 Å². The van der Waals surface area contributed by atoms with E-state index in [-0.39, 0.29) is 11.3 Å². The number of benzene rings is 2. The number of likely N-dealkylation sites (N-methyl/N-ethyl adjacent to an activating group) is 1. The first-order chi connectivity index (χ1) is 14.3. The van der Waals surface area contributed by atoms with E-state index in [0.717, 1.165) is 37.9 Å². The van der Waals surface area contributed by atoms with E-state index in [9.17, 15) is 13.2 Å². The summed E-state index contributed by atoms with van der Waals surface area (Å²) in [6.45, 7) is 4.91. The van der Waals surface area contributed by atoms with Gasteiger partial charge in [0.2, 0.25) is 0 Å². The fraction of sp³-hybridized carbons (Fsp3) is 0.391. The maximum Gasteiger partial charge on any atom is 0.417 e.